The fourth-order valence-corrected chi connectivity index (χ4v) is 2.80. The van der Waals surface area contributed by atoms with Crippen molar-refractivity contribution in [3.63, 3.8) is 0 Å². The number of ether oxygens (including phenoxy) is 1. The maximum Gasteiger partial charge on any atom is 0.422 e. The number of rotatable bonds is 5. The number of benzene rings is 1. The molecule has 2 rings (SSSR count). The summed E-state index contributed by atoms with van der Waals surface area (Å²) in [5.41, 5.74) is 0.748. The van der Waals surface area contributed by atoms with Crippen molar-refractivity contribution >= 4 is 0 Å². The minimum absolute atomic E-state index is 0.219. The second kappa shape index (κ2) is 7.33. The number of halogens is 3. The predicted molar refractivity (Wildman–Crippen MR) is 77.7 cm³/mol. The number of alkyl halides is 3. The predicted octanol–water partition coefficient (Wildman–Crippen LogP) is 3.22. The summed E-state index contributed by atoms with van der Waals surface area (Å²) in [6.45, 7) is 2.69. The van der Waals surface area contributed by atoms with E-state index >= 15 is 0 Å². The Kier molecular flexibility index (Phi) is 5.69. The third-order valence-corrected chi connectivity index (χ3v) is 3.98. The highest BCUT2D eigenvalue weighted by molar-refractivity contribution is 5.33. The fraction of sp³-hybridized carbons (Fsp3) is 0.625. The van der Waals surface area contributed by atoms with Crippen molar-refractivity contribution in [1.29, 1.82) is 0 Å². The van der Waals surface area contributed by atoms with E-state index in [1.165, 1.54) is 0 Å². The Labute approximate surface area is 128 Å². The Morgan fingerprint density at radius 1 is 1.36 bits per heavy atom. The molecule has 1 saturated heterocycles. The molecule has 0 amide bonds. The molecule has 0 radical (unpaired) electrons. The molecule has 0 saturated carbocycles. The maximum atomic E-state index is 12.3. The van der Waals surface area contributed by atoms with Crippen LogP contribution in [0, 0.1) is 5.92 Å². The van der Waals surface area contributed by atoms with Gasteiger partial charge < -0.3 is 9.84 Å². The smallest absolute Gasteiger partial charge is 0.422 e. The van der Waals surface area contributed by atoms with Crippen LogP contribution in [-0.4, -0.2) is 42.0 Å². The van der Waals surface area contributed by atoms with Gasteiger partial charge in [0.1, 0.15) is 5.75 Å². The molecule has 2 atom stereocenters. The quantitative estimate of drug-likeness (QED) is 0.905. The normalized spacial score (nSPS) is 21.6. The average Bonchev–Trinajstić information content (AvgIpc) is 2.46. The fourth-order valence-electron chi connectivity index (χ4n) is 2.80. The van der Waals surface area contributed by atoms with Gasteiger partial charge >= 0.3 is 6.18 Å². The molecule has 1 aromatic rings. The highest BCUT2D eigenvalue weighted by Crippen LogP contribution is 2.26. The Hall–Kier alpha value is -1.27. The van der Waals surface area contributed by atoms with E-state index in [4.69, 9.17) is 4.74 Å². The average molecular weight is 317 g/mol. The van der Waals surface area contributed by atoms with E-state index in [-0.39, 0.29) is 17.8 Å². The highest BCUT2D eigenvalue weighted by Gasteiger charge is 2.29. The van der Waals surface area contributed by atoms with Crippen LogP contribution in [0.4, 0.5) is 13.2 Å². The SMILES string of the molecule is CC(O)C1CCCN(Cc2ccccc2OCC(F)(F)F)C1. The van der Waals surface area contributed by atoms with Crippen molar-refractivity contribution in [3.05, 3.63) is 29.8 Å². The lowest BCUT2D eigenvalue weighted by molar-refractivity contribution is -0.153. The second-order valence-electron chi connectivity index (χ2n) is 5.89. The summed E-state index contributed by atoms with van der Waals surface area (Å²) in [7, 11) is 0. The molecule has 1 heterocycles. The lowest BCUT2D eigenvalue weighted by Crippen LogP contribution is -2.39. The Morgan fingerprint density at radius 3 is 2.77 bits per heavy atom. The Bertz CT molecular complexity index is 477. The van der Waals surface area contributed by atoms with E-state index < -0.39 is 12.8 Å². The van der Waals surface area contributed by atoms with Gasteiger partial charge in [0.05, 0.1) is 6.10 Å². The number of aliphatic hydroxyl groups excluding tert-OH is 1. The van der Waals surface area contributed by atoms with E-state index in [1.54, 1.807) is 31.2 Å². The van der Waals surface area contributed by atoms with Crippen LogP contribution in [0.5, 0.6) is 5.75 Å². The summed E-state index contributed by atoms with van der Waals surface area (Å²) in [6, 6.07) is 6.82. The zero-order valence-corrected chi connectivity index (χ0v) is 12.6. The monoisotopic (exact) mass is 317 g/mol. The van der Waals surface area contributed by atoms with Gasteiger partial charge in [0.2, 0.25) is 0 Å². The van der Waals surface area contributed by atoms with Gasteiger partial charge in [0.25, 0.3) is 0 Å². The van der Waals surface area contributed by atoms with Gasteiger partial charge in [-0.1, -0.05) is 18.2 Å². The van der Waals surface area contributed by atoms with E-state index in [0.717, 1.165) is 31.5 Å². The van der Waals surface area contributed by atoms with Gasteiger partial charge in [-0.3, -0.25) is 4.90 Å². The first-order valence-electron chi connectivity index (χ1n) is 7.53. The summed E-state index contributed by atoms with van der Waals surface area (Å²) in [5.74, 6) is 0.496. The molecular weight excluding hydrogens is 295 g/mol. The molecule has 3 nitrogen and oxygen atoms in total. The van der Waals surface area contributed by atoms with Crippen molar-refractivity contribution in [2.75, 3.05) is 19.7 Å². The molecule has 1 aromatic carbocycles. The number of nitrogens with zero attached hydrogens (tertiary/aromatic N) is 1. The molecule has 1 N–H and O–H groups in total. The van der Waals surface area contributed by atoms with Gasteiger partial charge in [0, 0.05) is 18.7 Å². The van der Waals surface area contributed by atoms with Crippen LogP contribution in [0.2, 0.25) is 0 Å². The van der Waals surface area contributed by atoms with Crippen LogP contribution in [0.15, 0.2) is 24.3 Å². The summed E-state index contributed by atoms with van der Waals surface area (Å²) < 4.78 is 41.8. The molecule has 6 heteroatoms. The standard InChI is InChI=1S/C16H22F3NO2/c1-12(21)13-6-4-8-20(9-13)10-14-5-2-3-7-15(14)22-11-16(17,18)19/h2-3,5,7,12-13,21H,4,6,8-11H2,1H3. The number of hydrogen-bond acceptors (Lipinski definition) is 3. The molecule has 2 unspecified atom stereocenters. The second-order valence-corrected chi connectivity index (χ2v) is 5.89. The zero-order valence-electron chi connectivity index (χ0n) is 12.6. The van der Waals surface area contributed by atoms with Gasteiger partial charge in [-0.15, -0.1) is 0 Å². The van der Waals surface area contributed by atoms with Crippen LogP contribution in [-0.2, 0) is 6.54 Å². The topological polar surface area (TPSA) is 32.7 Å². The molecule has 1 aliphatic rings. The van der Waals surface area contributed by atoms with Gasteiger partial charge in [0.15, 0.2) is 6.61 Å². The molecule has 1 aliphatic heterocycles. The largest absolute Gasteiger partial charge is 0.484 e. The molecule has 0 spiro atoms. The number of hydrogen-bond donors (Lipinski definition) is 1. The van der Waals surface area contributed by atoms with Crippen molar-refractivity contribution in [3.8, 4) is 5.75 Å². The van der Waals surface area contributed by atoms with Crippen LogP contribution in [0.3, 0.4) is 0 Å². The number of piperidine rings is 1. The summed E-state index contributed by atoms with van der Waals surface area (Å²) in [5, 5.41) is 9.71. The number of likely N-dealkylation sites (tertiary alicyclic amines) is 1. The van der Waals surface area contributed by atoms with Crippen molar-refractivity contribution < 1.29 is 23.0 Å². The third-order valence-electron chi connectivity index (χ3n) is 3.98. The van der Waals surface area contributed by atoms with Crippen LogP contribution >= 0.6 is 0 Å². The first kappa shape index (κ1) is 17.1. The molecular formula is C16H22F3NO2. The first-order chi connectivity index (χ1) is 10.3. The van der Waals surface area contributed by atoms with Gasteiger partial charge in [-0.2, -0.15) is 13.2 Å². The summed E-state index contributed by atoms with van der Waals surface area (Å²) in [6.07, 6.45) is -2.73. The molecule has 0 aliphatic carbocycles. The van der Waals surface area contributed by atoms with E-state index in [0.29, 0.717) is 6.54 Å². The lowest BCUT2D eigenvalue weighted by Gasteiger charge is -2.34. The molecule has 0 aromatic heterocycles. The summed E-state index contributed by atoms with van der Waals surface area (Å²) in [4.78, 5) is 2.16. The molecule has 124 valence electrons. The third kappa shape index (κ3) is 5.18. The van der Waals surface area contributed by atoms with Gasteiger partial charge in [-0.05, 0) is 38.3 Å². The van der Waals surface area contributed by atoms with E-state index in [2.05, 4.69) is 4.90 Å². The highest BCUT2D eigenvalue weighted by atomic mass is 19.4. The molecule has 0 bridgehead atoms. The minimum Gasteiger partial charge on any atom is -0.484 e. The molecule has 1 fully saturated rings. The van der Waals surface area contributed by atoms with Crippen molar-refractivity contribution in [2.24, 2.45) is 5.92 Å². The summed E-state index contributed by atoms with van der Waals surface area (Å²) >= 11 is 0. The van der Waals surface area contributed by atoms with E-state index in [9.17, 15) is 18.3 Å². The first-order valence-corrected chi connectivity index (χ1v) is 7.53. The lowest BCUT2D eigenvalue weighted by atomic mass is 9.93. The van der Waals surface area contributed by atoms with Crippen LogP contribution in [0.1, 0.15) is 25.3 Å². The minimum atomic E-state index is -4.34. The van der Waals surface area contributed by atoms with Crippen LogP contribution < -0.4 is 4.74 Å². The van der Waals surface area contributed by atoms with E-state index in [1.807, 2.05) is 0 Å². The Morgan fingerprint density at radius 2 is 2.09 bits per heavy atom. The molecule has 22 heavy (non-hydrogen) atoms. The van der Waals surface area contributed by atoms with Gasteiger partial charge in [-0.25, -0.2) is 0 Å². The number of aliphatic hydroxyl groups is 1. The van der Waals surface area contributed by atoms with Crippen molar-refractivity contribution in [2.45, 2.75) is 38.6 Å². The van der Waals surface area contributed by atoms with Crippen LogP contribution in [0.25, 0.3) is 0 Å². The zero-order chi connectivity index (χ0) is 16.2. The maximum absolute atomic E-state index is 12.3. The Balaban J connectivity index is 2.00. The van der Waals surface area contributed by atoms with Crippen molar-refractivity contribution in [1.82, 2.24) is 4.90 Å². The number of para-hydroxylation sites is 1.